The Labute approximate surface area is 69.5 Å². The lowest BCUT2D eigenvalue weighted by molar-refractivity contribution is -0.137. The molecule has 0 atom stereocenters. The van der Waals surface area contributed by atoms with Gasteiger partial charge in [0.25, 0.3) is 5.91 Å². The molecule has 11 heavy (non-hydrogen) atoms. The molecular formula is C6H9ClN2O2. The number of rotatable bonds is 2. The van der Waals surface area contributed by atoms with E-state index in [4.69, 9.17) is 11.6 Å². The number of carbonyl (C=O) groups excluding carboxylic acids is 2. The van der Waals surface area contributed by atoms with Gasteiger partial charge in [-0.2, -0.15) is 0 Å². The molecule has 0 spiro atoms. The van der Waals surface area contributed by atoms with Crippen LogP contribution in [0.4, 0.5) is 0 Å². The average Bonchev–Trinajstić information content (AvgIpc) is 2.37. The summed E-state index contributed by atoms with van der Waals surface area (Å²) in [5.41, 5.74) is 2.39. The molecule has 62 valence electrons. The zero-order valence-corrected chi connectivity index (χ0v) is 6.73. The van der Waals surface area contributed by atoms with Gasteiger partial charge in [0, 0.05) is 13.0 Å². The molecule has 0 aromatic carbocycles. The van der Waals surface area contributed by atoms with E-state index in [2.05, 4.69) is 5.43 Å². The van der Waals surface area contributed by atoms with Crippen LogP contribution in [0.25, 0.3) is 0 Å². The van der Waals surface area contributed by atoms with Gasteiger partial charge >= 0.3 is 0 Å². The van der Waals surface area contributed by atoms with Crippen LogP contribution in [0.3, 0.4) is 0 Å². The number of amides is 2. The molecule has 0 aromatic heterocycles. The first kappa shape index (κ1) is 8.33. The maximum absolute atomic E-state index is 10.9. The first-order valence-electron chi connectivity index (χ1n) is 3.40. The fourth-order valence-electron chi connectivity index (χ4n) is 0.947. The van der Waals surface area contributed by atoms with Crippen molar-refractivity contribution in [3.05, 3.63) is 0 Å². The summed E-state index contributed by atoms with van der Waals surface area (Å²) >= 11 is 5.23. The summed E-state index contributed by atoms with van der Waals surface area (Å²) in [4.78, 5) is 21.6. The summed E-state index contributed by atoms with van der Waals surface area (Å²) in [5.74, 6) is -0.477. The van der Waals surface area contributed by atoms with E-state index in [9.17, 15) is 9.59 Å². The maximum atomic E-state index is 10.9. The number of carbonyl (C=O) groups is 2. The van der Waals surface area contributed by atoms with Crippen molar-refractivity contribution in [3.8, 4) is 0 Å². The van der Waals surface area contributed by atoms with Crippen molar-refractivity contribution in [2.75, 3.05) is 12.4 Å². The molecule has 0 aliphatic carbocycles. The molecule has 1 aliphatic heterocycles. The van der Waals surface area contributed by atoms with Gasteiger partial charge in [-0.05, 0) is 6.42 Å². The standard InChI is InChI=1S/C6H9ClN2O2/c7-4-5(10)8-9-3-1-2-6(9)11/h1-4H2,(H,8,10). The van der Waals surface area contributed by atoms with Gasteiger partial charge < -0.3 is 0 Å². The third-order valence-corrected chi connectivity index (χ3v) is 1.70. The van der Waals surface area contributed by atoms with Gasteiger partial charge in [0.1, 0.15) is 5.88 Å². The fraction of sp³-hybridized carbons (Fsp3) is 0.667. The summed E-state index contributed by atoms with van der Waals surface area (Å²) in [6.45, 7) is 0.599. The zero-order valence-electron chi connectivity index (χ0n) is 5.97. The van der Waals surface area contributed by atoms with E-state index in [1.165, 1.54) is 5.01 Å². The predicted molar refractivity (Wildman–Crippen MR) is 39.8 cm³/mol. The Balaban J connectivity index is 2.36. The smallest absolute Gasteiger partial charge is 0.253 e. The van der Waals surface area contributed by atoms with E-state index in [0.717, 1.165) is 6.42 Å². The molecule has 5 heteroatoms. The van der Waals surface area contributed by atoms with Gasteiger partial charge in [-0.15, -0.1) is 11.6 Å². The van der Waals surface area contributed by atoms with E-state index >= 15 is 0 Å². The quantitative estimate of drug-likeness (QED) is 0.597. The topological polar surface area (TPSA) is 49.4 Å². The first-order chi connectivity index (χ1) is 5.24. The normalized spacial score (nSPS) is 17.2. The van der Waals surface area contributed by atoms with E-state index in [0.29, 0.717) is 13.0 Å². The molecule has 1 fully saturated rings. The molecule has 4 nitrogen and oxygen atoms in total. The second-order valence-corrected chi connectivity index (χ2v) is 2.58. The van der Waals surface area contributed by atoms with Crippen molar-refractivity contribution in [3.63, 3.8) is 0 Å². The zero-order chi connectivity index (χ0) is 8.27. The van der Waals surface area contributed by atoms with Crippen LogP contribution in [0.1, 0.15) is 12.8 Å². The Morgan fingerprint density at radius 3 is 2.91 bits per heavy atom. The van der Waals surface area contributed by atoms with Crippen molar-refractivity contribution < 1.29 is 9.59 Å². The number of alkyl halides is 1. The number of nitrogens with one attached hydrogen (secondary N) is 1. The predicted octanol–water partition coefficient (Wildman–Crippen LogP) is -0.121. The van der Waals surface area contributed by atoms with Crippen LogP contribution in [0.5, 0.6) is 0 Å². The Bertz CT molecular complexity index is 183. The molecule has 0 bridgehead atoms. The number of hydrogen-bond donors (Lipinski definition) is 1. The minimum atomic E-state index is -0.332. The van der Waals surface area contributed by atoms with Crippen LogP contribution in [0, 0.1) is 0 Å². The van der Waals surface area contributed by atoms with Crippen molar-refractivity contribution >= 4 is 23.4 Å². The van der Waals surface area contributed by atoms with Crippen molar-refractivity contribution in [1.82, 2.24) is 10.4 Å². The summed E-state index contributed by atoms with van der Waals surface area (Å²) in [7, 11) is 0. The maximum Gasteiger partial charge on any atom is 0.253 e. The molecular weight excluding hydrogens is 168 g/mol. The highest BCUT2D eigenvalue weighted by Gasteiger charge is 2.21. The van der Waals surface area contributed by atoms with Crippen LogP contribution < -0.4 is 5.43 Å². The lowest BCUT2D eigenvalue weighted by Crippen LogP contribution is -2.43. The van der Waals surface area contributed by atoms with Gasteiger partial charge in [0.05, 0.1) is 0 Å². The number of nitrogens with zero attached hydrogens (tertiary/aromatic N) is 1. The molecule has 1 N–H and O–H groups in total. The highest BCUT2D eigenvalue weighted by atomic mass is 35.5. The third-order valence-electron chi connectivity index (χ3n) is 1.45. The van der Waals surface area contributed by atoms with E-state index in [1.807, 2.05) is 0 Å². The van der Waals surface area contributed by atoms with Gasteiger partial charge in [0.15, 0.2) is 0 Å². The van der Waals surface area contributed by atoms with Crippen molar-refractivity contribution in [2.24, 2.45) is 0 Å². The Morgan fingerprint density at radius 1 is 1.73 bits per heavy atom. The molecule has 1 saturated heterocycles. The molecule has 1 heterocycles. The first-order valence-corrected chi connectivity index (χ1v) is 3.93. The second kappa shape index (κ2) is 3.57. The third kappa shape index (κ3) is 2.08. The van der Waals surface area contributed by atoms with Gasteiger partial charge in [-0.25, -0.2) is 0 Å². The lowest BCUT2D eigenvalue weighted by atomic mass is 10.4. The van der Waals surface area contributed by atoms with E-state index in [1.54, 1.807) is 0 Å². The minimum Gasteiger partial charge on any atom is -0.273 e. The molecule has 0 saturated carbocycles. The van der Waals surface area contributed by atoms with Gasteiger partial charge in [-0.3, -0.25) is 20.0 Å². The summed E-state index contributed by atoms with van der Waals surface area (Å²) < 4.78 is 0. The minimum absolute atomic E-state index is 0.0385. The van der Waals surface area contributed by atoms with Crippen LogP contribution in [0.15, 0.2) is 0 Å². The number of hydrazine groups is 1. The van der Waals surface area contributed by atoms with E-state index in [-0.39, 0.29) is 17.7 Å². The van der Waals surface area contributed by atoms with Gasteiger partial charge in [-0.1, -0.05) is 0 Å². The number of halogens is 1. The molecule has 1 aliphatic rings. The molecule has 0 unspecified atom stereocenters. The van der Waals surface area contributed by atoms with E-state index < -0.39 is 0 Å². The second-order valence-electron chi connectivity index (χ2n) is 2.32. The van der Waals surface area contributed by atoms with Crippen LogP contribution >= 0.6 is 11.6 Å². The monoisotopic (exact) mass is 176 g/mol. The van der Waals surface area contributed by atoms with Crippen LogP contribution in [0.2, 0.25) is 0 Å². The van der Waals surface area contributed by atoms with Crippen molar-refractivity contribution in [2.45, 2.75) is 12.8 Å². The number of hydrogen-bond acceptors (Lipinski definition) is 2. The lowest BCUT2D eigenvalue weighted by Gasteiger charge is -2.15. The Hall–Kier alpha value is -0.770. The SMILES string of the molecule is O=C(CCl)NN1CCCC1=O. The highest BCUT2D eigenvalue weighted by Crippen LogP contribution is 2.05. The summed E-state index contributed by atoms with van der Waals surface area (Å²) in [6.07, 6.45) is 1.32. The molecule has 0 aromatic rings. The summed E-state index contributed by atoms with van der Waals surface area (Å²) in [5, 5.41) is 1.31. The van der Waals surface area contributed by atoms with Crippen LogP contribution in [-0.2, 0) is 9.59 Å². The van der Waals surface area contributed by atoms with Crippen molar-refractivity contribution in [1.29, 1.82) is 0 Å². The molecule has 2 amide bonds. The molecule has 0 radical (unpaired) electrons. The largest absolute Gasteiger partial charge is 0.273 e. The average molecular weight is 177 g/mol. The highest BCUT2D eigenvalue weighted by molar-refractivity contribution is 6.27. The Morgan fingerprint density at radius 2 is 2.45 bits per heavy atom. The molecule has 1 rings (SSSR count). The van der Waals surface area contributed by atoms with Gasteiger partial charge in [0.2, 0.25) is 5.91 Å². The van der Waals surface area contributed by atoms with Crippen LogP contribution in [-0.4, -0.2) is 29.2 Å². The fourth-order valence-corrected chi connectivity index (χ4v) is 1.01. The summed E-state index contributed by atoms with van der Waals surface area (Å²) in [6, 6.07) is 0. The Kier molecular flexibility index (Phi) is 2.70.